The maximum atomic E-state index is 14.6. The summed E-state index contributed by atoms with van der Waals surface area (Å²) in [6.45, 7) is 7.87. The molecule has 11 nitrogen and oxygen atoms in total. The van der Waals surface area contributed by atoms with Gasteiger partial charge < -0.3 is 24.8 Å². The van der Waals surface area contributed by atoms with Crippen LogP contribution in [0.3, 0.4) is 0 Å². The van der Waals surface area contributed by atoms with Gasteiger partial charge in [-0.25, -0.2) is 22.8 Å². The molecule has 3 fully saturated rings. The summed E-state index contributed by atoms with van der Waals surface area (Å²) in [5.41, 5.74) is 2.02. The molecule has 0 saturated carbocycles. The highest BCUT2D eigenvalue weighted by molar-refractivity contribution is 7.90. The number of pyridine rings is 1. The molecule has 0 radical (unpaired) electrons. The Balaban J connectivity index is 1.35. The maximum absolute atomic E-state index is 14.6. The van der Waals surface area contributed by atoms with Crippen LogP contribution in [-0.4, -0.2) is 97.8 Å². The van der Waals surface area contributed by atoms with Crippen LogP contribution in [0.1, 0.15) is 50.6 Å². The van der Waals surface area contributed by atoms with Gasteiger partial charge in [-0.1, -0.05) is 25.5 Å². The summed E-state index contributed by atoms with van der Waals surface area (Å²) >= 11 is 0. The molecule has 6 rings (SSSR count). The van der Waals surface area contributed by atoms with Gasteiger partial charge in [-0.2, -0.15) is 4.98 Å². The first-order valence-electron chi connectivity index (χ1n) is 16.4. The van der Waals surface area contributed by atoms with Crippen LogP contribution in [0.25, 0.3) is 10.8 Å². The van der Waals surface area contributed by atoms with Crippen LogP contribution >= 0.6 is 0 Å². The van der Waals surface area contributed by atoms with E-state index in [9.17, 15) is 17.6 Å². The molecule has 0 bridgehead atoms. The van der Waals surface area contributed by atoms with E-state index in [0.29, 0.717) is 43.6 Å². The minimum atomic E-state index is -3.09. The average molecular weight is 666 g/mol. The van der Waals surface area contributed by atoms with Gasteiger partial charge in [-0.15, -0.1) is 0 Å². The Morgan fingerprint density at radius 3 is 2.66 bits per heavy atom. The monoisotopic (exact) mass is 665 g/mol. The van der Waals surface area contributed by atoms with Crippen molar-refractivity contribution in [3.8, 4) is 0 Å². The topological polar surface area (TPSA) is 121 Å². The number of fused-ring (bicyclic) bond motifs is 1. The van der Waals surface area contributed by atoms with Gasteiger partial charge in [0.1, 0.15) is 27.6 Å². The number of nitrogens with zero attached hydrogens (tertiary/aromatic N) is 6. The molecule has 2 aromatic heterocycles. The summed E-state index contributed by atoms with van der Waals surface area (Å²) in [4.78, 5) is 32.9. The minimum Gasteiger partial charge on any atom is -0.378 e. The lowest BCUT2D eigenvalue weighted by molar-refractivity contribution is -0.128. The van der Waals surface area contributed by atoms with E-state index >= 15 is 0 Å². The van der Waals surface area contributed by atoms with Gasteiger partial charge in [0, 0.05) is 68.4 Å². The van der Waals surface area contributed by atoms with Crippen LogP contribution in [-0.2, 0) is 19.4 Å². The van der Waals surface area contributed by atoms with E-state index < -0.39 is 22.1 Å². The summed E-state index contributed by atoms with van der Waals surface area (Å²) < 4.78 is 43.9. The van der Waals surface area contributed by atoms with E-state index in [1.807, 2.05) is 22.1 Å². The molecule has 5 atom stereocenters. The van der Waals surface area contributed by atoms with E-state index in [1.54, 1.807) is 12.3 Å². The third-order valence-electron chi connectivity index (χ3n) is 9.88. The van der Waals surface area contributed by atoms with Crippen molar-refractivity contribution >= 4 is 49.8 Å². The molecule has 252 valence electrons. The number of nitrogens with one attached hydrogen (secondary N) is 1. The number of ether oxygens (including phenoxy) is 1. The number of rotatable bonds is 9. The third-order valence-corrected chi connectivity index (χ3v) is 10.9. The number of carbonyl (C=O) groups excluding carboxylic acids is 1. The molecule has 0 aliphatic carbocycles. The predicted octanol–water partition coefficient (Wildman–Crippen LogP) is 4.83. The molecule has 0 unspecified atom stereocenters. The zero-order valence-electron chi connectivity index (χ0n) is 27.3. The lowest BCUT2D eigenvalue weighted by Gasteiger charge is -2.48. The highest BCUT2D eigenvalue weighted by atomic mass is 32.2. The molecule has 0 spiro atoms. The zero-order chi connectivity index (χ0) is 33.3. The lowest BCUT2D eigenvalue weighted by atomic mass is 9.88. The first kappa shape index (κ1) is 33.1. The summed E-state index contributed by atoms with van der Waals surface area (Å²) in [5.74, 6) is 1.66. The van der Waals surface area contributed by atoms with Crippen LogP contribution in [0.5, 0.6) is 0 Å². The molecule has 1 aromatic carbocycles. The van der Waals surface area contributed by atoms with Crippen LogP contribution in [0.4, 0.5) is 27.7 Å². The second-order valence-corrected chi connectivity index (χ2v) is 15.2. The van der Waals surface area contributed by atoms with E-state index in [4.69, 9.17) is 9.72 Å². The van der Waals surface area contributed by atoms with Crippen LogP contribution in [0.15, 0.2) is 49.3 Å². The average Bonchev–Trinajstić information content (AvgIpc) is 3.31. The normalized spacial score (nSPS) is 25.3. The number of benzene rings is 1. The summed E-state index contributed by atoms with van der Waals surface area (Å²) in [7, 11) is -1.56. The highest BCUT2D eigenvalue weighted by Gasteiger charge is 2.39. The maximum Gasteiger partial charge on any atom is 0.246 e. The van der Waals surface area contributed by atoms with E-state index in [-0.39, 0.29) is 36.2 Å². The number of methoxy groups -OCH3 is 1. The van der Waals surface area contributed by atoms with E-state index in [0.717, 1.165) is 47.7 Å². The van der Waals surface area contributed by atoms with Gasteiger partial charge in [0.15, 0.2) is 0 Å². The molecule has 1 amide bonds. The number of halogens is 1. The molecule has 1 N–H and O–H groups in total. The Bertz CT molecular complexity index is 1740. The number of likely N-dealkylation sites (tertiary alicyclic amines) is 1. The van der Waals surface area contributed by atoms with Crippen molar-refractivity contribution in [2.24, 2.45) is 5.92 Å². The standard InChI is InChI=1S/C34H44FN7O4S/c1-5-33(43)41-15-8-6-7-9-28(41)24-10-11-29(42-19-23(22(42)2)21-47(4,44)45)26-18-37-32(17-25(24)26)38-31-12-14-36-34(39-31)40-16-13-30(46-3)27(35)20-40/h5,10-12,14,17-18,22-23,27-28,30H,1,6-9,13,15-16,19-21H2,2-4H3,(H,36,37,38,39)/t22-,23-,27+,28+,30-/m1/s1. The first-order chi connectivity index (χ1) is 22.6. The molecule has 13 heteroatoms. The second kappa shape index (κ2) is 13.7. The summed E-state index contributed by atoms with van der Waals surface area (Å²) in [6, 6.07) is 7.86. The molecular formula is C34H44FN7O4S. The largest absolute Gasteiger partial charge is 0.378 e. The molecule has 3 aliphatic rings. The number of aromatic nitrogens is 3. The fraction of sp³-hybridized carbons (Fsp3) is 0.529. The van der Waals surface area contributed by atoms with Gasteiger partial charge in [0.2, 0.25) is 11.9 Å². The van der Waals surface area contributed by atoms with Crippen molar-refractivity contribution in [1.82, 2.24) is 19.9 Å². The SMILES string of the molecule is C=CC(=O)N1CCCCC[C@H]1c1ccc(N2C[C@H](CS(C)(=O)=O)[C@H]2C)c2cnc(Nc3ccnc(N4CC[C@@H](OC)[C@@H](F)C4)n3)cc12. The number of piperidine rings is 1. The fourth-order valence-electron chi connectivity index (χ4n) is 7.29. The zero-order valence-corrected chi connectivity index (χ0v) is 28.1. The molecule has 3 saturated heterocycles. The van der Waals surface area contributed by atoms with E-state index in [2.05, 4.69) is 45.8 Å². The summed E-state index contributed by atoms with van der Waals surface area (Å²) in [6.07, 6.45) is 8.99. The second-order valence-electron chi connectivity index (χ2n) is 13.0. The molecule has 3 aliphatic heterocycles. The molecule has 3 aromatic rings. The number of alkyl halides is 1. The van der Waals surface area contributed by atoms with Crippen LogP contribution in [0, 0.1) is 5.92 Å². The summed E-state index contributed by atoms with van der Waals surface area (Å²) in [5, 5.41) is 5.23. The highest BCUT2D eigenvalue weighted by Crippen LogP contribution is 2.42. The molecule has 5 heterocycles. The number of amides is 1. The smallest absolute Gasteiger partial charge is 0.246 e. The minimum absolute atomic E-state index is 0.0469. The lowest BCUT2D eigenvalue weighted by Crippen LogP contribution is -2.57. The van der Waals surface area contributed by atoms with Crippen molar-refractivity contribution in [1.29, 1.82) is 0 Å². The quantitative estimate of drug-likeness (QED) is 0.318. The Morgan fingerprint density at radius 1 is 1.11 bits per heavy atom. The van der Waals surface area contributed by atoms with Crippen molar-refractivity contribution < 1.29 is 22.3 Å². The number of hydrogen-bond acceptors (Lipinski definition) is 10. The Morgan fingerprint density at radius 2 is 1.94 bits per heavy atom. The predicted molar refractivity (Wildman–Crippen MR) is 183 cm³/mol. The third kappa shape index (κ3) is 7.06. The van der Waals surface area contributed by atoms with Gasteiger partial charge >= 0.3 is 0 Å². The Kier molecular flexibility index (Phi) is 9.65. The number of carbonyl (C=O) groups is 1. The van der Waals surface area contributed by atoms with Gasteiger partial charge in [0.05, 0.1) is 24.4 Å². The number of sulfone groups is 1. The van der Waals surface area contributed by atoms with Crippen molar-refractivity contribution in [3.05, 3.63) is 54.9 Å². The fourth-order valence-corrected chi connectivity index (χ4v) is 8.45. The number of anilines is 4. The Labute approximate surface area is 276 Å². The van der Waals surface area contributed by atoms with Gasteiger partial charge in [-0.3, -0.25) is 4.79 Å². The molecule has 47 heavy (non-hydrogen) atoms. The molecular weight excluding hydrogens is 621 g/mol. The van der Waals surface area contributed by atoms with Crippen molar-refractivity contribution in [2.45, 2.75) is 63.4 Å². The van der Waals surface area contributed by atoms with Gasteiger partial charge in [0.25, 0.3) is 0 Å². The van der Waals surface area contributed by atoms with Crippen molar-refractivity contribution in [3.63, 3.8) is 0 Å². The Hall–Kier alpha value is -3.84. The van der Waals surface area contributed by atoms with Crippen molar-refractivity contribution in [2.75, 3.05) is 60.4 Å². The van der Waals surface area contributed by atoms with Crippen LogP contribution < -0.4 is 15.1 Å². The number of hydrogen-bond donors (Lipinski definition) is 1. The van der Waals surface area contributed by atoms with E-state index in [1.165, 1.54) is 19.4 Å². The van der Waals surface area contributed by atoms with Crippen LogP contribution in [0.2, 0.25) is 0 Å². The first-order valence-corrected chi connectivity index (χ1v) is 18.4. The van der Waals surface area contributed by atoms with Gasteiger partial charge in [-0.05, 0) is 61.4 Å².